The topological polar surface area (TPSA) is 48.1 Å². The van der Waals surface area contributed by atoms with Crippen LogP contribution in [0.2, 0.25) is 5.02 Å². The van der Waals surface area contributed by atoms with Gasteiger partial charge in [0.25, 0.3) is 0 Å². The molecule has 0 aromatic carbocycles. The lowest BCUT2D eigenvalue weighted by Crippen LogP contribution is -2.04. The highest BCUT2D eigenvalue weighted by molar-refractivity contribution is 6.31. The van der Waals surface area contributed by atoms with Gasteiger partial charge in [0, 0.05) is 0 Å². The van der Waals surface area contributed by atoms with E-state index in [1.165, 1.54) is 0 Å². The Balaban J connectivity index is 2.51. The third kappa shape index (κ3) is 3.89. The second kappa shape index (κ2) is 5.94. The molecule has 2 N–H and O–H groups in total. The van der Waals surface area contributed by atoms with E-state index in [9.17, 15) is 0 Å². The van der Waals surface area contributed by atoms with Crippen molar-refractivity contribution in [2.24, 2.45) is 5.92 Å². The molecule has 0 amide bonds. The molecule has 0 spiro atoms. The average Bonchev–Trinajstić information content (AvgIpc) is 2.19. The van der Waals surface area contributed by atoms with Crippen LogP contribution in [0.25, 0.3) is 0 Å². The lowest BCUT2D eigenvalue weighted by atomic mass is 10.1. The summed E-state index contributed by atoms with van der Waals surface area (Å²) < 4.78 is 5.50. The fraction of sp³-hybridized carbons (Fsp3) is 0.583. The second-order valence-electron chi connectivity index (χ2n) is 4.36. The SMILES string of the molecule is Cc1cc(Cl)c(OCCCC(C)C)nc1N. The molecule has 0 saturated carbocycles. The molecule has 1 aromatic heterocycles. The van der Waals surface area contributed by atoms with Crippen molar-refractivity contribution in [3.05, 3.63) is 16.7 Å². The molecule has 0 atom stereocenters. The predicted molar refractivity (Wildman–Crippen MR) is 68.0 cm³/mol. The number of hydrogen-bond donors (Lipinski definition) is 1. The Bertz CT molecular complexity index is 353. The summed E-state index contributed by atoms with van der Waals surface area (Å²) in [6, 6.07) is 1.78. The summed E-state index contributed by atoms with van der Waals surface area (Å²) in [7, 11) is 0. The van der Waals surface area contributed by atoms with Crippen molar-refractivity contribution in [2.75, 3.05) is 12.3 Å². The Morgan fingerprint density at radius 1 is 1.50 bits per heavy atom. The minimum absolute atomic E-state index is 0.438. The van der Waals surface area contributed by atoms with Gasteiger partial charge in [-0.05, 0) is 37.3 Å². The lowest BCUT2D eigenvalue weighted by Gasteiger charge is -2.09. The molecule has 4 heteroatoms. The maximum Gasteiger partial charge on any atom is 0.234 e. The van der Waals surface area contributed by atoms with Gasteiger partial charge in [0.15, 0.2) is 0 Å². The summed E-state index contributed by atoms with van der Waals surface area (Å²) in [5, 5.41) is 0.524. The van der Waals surface area contributed by atoms with E-state index < -0.39 is 0 Å². The van der Waals surface area contributed by atoms with Gasteiger partial charge in [-0.15, -0.1) is 0 Å². The molecule has 1 rings (SSSR count). The highest BCUT2D eigenvalue weighted by atomic mass is 35.5. The molecule has 0 bridgehead atoms. The minimum Gasteiger partial charge on any atom is -0.477 e. The molecule has 0 radical (unpaired) electrons. The van der Waals surface area contributed by atoms with Crippen molar-refractivity contribution in [3.63, 3.8) is 0 Å². The molecule has 0 saturated heterocycles. The molecule has 0 fully saturated rings. The number of rotatable bonds is 5. The maximum atomic E-state index is 6.00. The summed E-state index contributed by atoms with van der Waals surface area (Å²) in [4.78, 5) is 4.11. The number of pyridine rings is 1. The molecule has 0 aliphatic rings. The molecule has 3 nitrogen and oxygen atoms in total. The zero-order valence-electron chi connectivity index (χ0n) is 10.1. The van der Waals surface area contributed by atoms with Crippen molar-refractivity contribution < 1.29 is 4.74 Å². The van der Waals surface area contributed by atoms with Crippen LogP contribution in [-0.4, -0.2) is 11.6 Å². The number of halogens is 1. The fourth-order valence-electron chi connectivity index (χ4n) is 1.34. The number of ether oxygens (including phenoxy) is 1. The largest absolute Gasteiger partial charge is 0.477 e. The number of nitrogen functional groups attached to an aromatic ring is 1. The molecule has 1 heterocycles. The van der Waals surface area contributed by atoms with Crippen LogP contribution in [-0.2, 0) is 0 Å². The Hall–Kier alpha value is -0.960. The van der Waals surface area contributed by atoms with Gasteiger partial charge < -0.3 is 10.5 Å². The molecule has 1 aromatic rings. The first kappa shape index (κ1) is 13.1. The van der Waals surface area contributed by atoms with E-state index in [4.69, 9.17) is 22.1 Å². The standard InChI is InChI=1S/C12H19ClN2O/c1-8(2)5-4-6-16-12-10(13)7-9(3)11(14)15-12/h7-8H,4-6H2,1-3H3,(H2,14,15). The van der Waals surface area contributed by atoms with Crippen LogP contribution in [0.4, 0.5) is 5.82 Å². The zero-order valence-corrected chi connectivity index (χ0v) is 10.8. The molecule has 16 heavy (non-hydrogen) atoms. The van der Waals surface area contributed by atoms with Crippen LogP contribution in [0.1, 0.15) is 32.3 Å². The molecule has 90 valence electrons. The van der Waals surface area contributed by atoms with Gasteiger partial charge >= 0.3 is 0 Å². The van der Waals surface area contributed by atoms with Crippen molar-refractivity contribution in [2.45, 2.75) is 33.6 Å². The van der Waals surface area contributed by atoms with Gasteiger partial charge in [0.1, 0.15) is 10.8 Å². The minimum atomic E-state index is 0.438. The average molecular weight is 243 g/mol. The number of hydrogen-bond acceptors (Lipinski definition) is 3. The van der Waals surface area contributed by atoms with Crippen LogP contribution < -0.4 is 10.5 Å². The van der Waals surface area contributed by atoms with Crippen LogP contribution in [0, 0.1) is 12.8 Å². The monoisotopic (exact) mass is 242 g/mol. The summed E-state index contributed by atoms with van der Waals surface area (Å²) in [5.41, 5.74) is 6.57. The van der Waals surface area contributed by atoms with E-state index >= 15 is 0 Å². The number of aryl methyl sites for hydroxylation is 1. The van der Waals surface area contributed by atoms with Crippen LogP contribution in [0.3, 0.4) is 0 Å². The molecule has 0 unspecified atom stereocenters. The van der Waals surface area contributed by atoms with Gasteiger partial charge in [0.05, 0.1) is 6.61 Å². The van der Waals surface area contributed by atoms with Crippen molar-refractivity contribution in [3.8, 4) is 5.88 Å². The first-order chi connectivity index (χ1) is 7.50. The van der Waals surface area contributed by atoms with Gasteiger partial charge in [-0.25, -0.2) is 0 Å². The Kier molecular flexibility index (Phi) is 4.87. The summed E-state index contributed by atoms with van der Waals surface area (Å²) in [6.45, 7) is 6.88. The van der Waals surface area contributed by atoms with Crippen molar-refractivity contribution in [1.82, 2.24) is 4.98 Å². The zero-order chi connectivity index (χ0) is 12.1. The van der Waals surface area contributed by atoms with Gasteiger partial charge in [0.2, 0.25) is 5.88 Å². The molecule has 0 aliphatic heterocycles. The Morgan fingerprint density at radius 3 is 2.81 bits per heavy atom. The maximum absolute atomic E-state index is 6.00. The van der Waals surface area contributed by atoms with Crippen molar-refractivity contribution >= 4 is 17.4 Å². The van der Waals surface area contributed by atoms with Gasteiger partial charge in [-0.1, -0.05) is 25.4 Å². The van der Waals surface area contributed by atoms with E-state index in [-0.39, 0.29) is 0 Å². The number of nitrogens with two attached hydrogens (primary N) is 1. The van der Waals surface area contributed by atoms with Crippen LogP contribution in [0.15, 0.2) is 6.07 Å². The highest BCUT2D eigenvalue weighted by Gasteiger charge is 2.06. The summed E-state index contributed by atoms with van der Waals surface area (Å²) >= 11 is 6.00. The van der Waals surface area contributed by atoms with E-state index in [2.05, 4.69) is 18.8 Å². The Morgan fingerprint density at radius 2 is 2.19 bits per heavy atom. The van der Waals surface area contributed by atoms with Gasteiger partial charge in [-0.3, -0.25) is 0 Å². The lowest BCUT2D eigenvalue weighted by molar-refractivity contribution is 0.288. The van der Waals surface area contributed by atoms with Crippen LogP contribution in [0.5, 0.6) is 5.88 Å². The number of anilines is 1. The number of aromatic nitrogens is 1. The third-order valence-electron chi connectivity index (χ3n) is 2.34. The molecule has 0 aliphatic carbocycles. The van der Waals surface area contributed by atoms with Gasteiger partial charge in [-0.2, -0.15) is 4.98 Å². The summed E-state index contributed by atoms with van der Waals surface area (Å²) in [6.07, 6.45) is 2.14. The van der Waals surface area contributed by atoms with Crippen molar-refractivity contribution in [1.29, 1.82) is 0 Å². The van der Waals surface area contributed by atoms with E-state index in [1.54, 1.807) is 6.07 Å². The van der Waals surface area contributed by atoms with E-state index in [1.807, 2.05) is 6.92 Å². The third-order valence-corrected chi connectivity index (χ3v) is 2.61. The molecular weight excluding hydrogens is 224 g/mol. The first-order valence-electron chi connectivity index (χ1n) is 5.56. The van der Waals surface area contributed by atoms with Crippen LogP contribution >= 0.6 is 11.6 Å². The first-order valence-corrected chi connectivity index (χ1v) is 5.94. The van der Waals surface area contributed by atoms with E-state index in [0.29, 0.717) is 29.2 Å². The highest BCUT2D eigenvalue weighted by Crippen LogP contribution is 2.25. The second-order valence-corrected chi connectivity index (χ2v) is 4.77. The Labute approximate surface area is 102 Å². The normalized spacial score (nSPS) is 10.8. The number of nitrogens with zero attached hydrogens (tertiary/aromatic N) is 1. The summed E-state index contributed by atoms with van der Waals surface area (Å²) in [5.74, 6) is 1.60. The smallest absolute Gasteiger partial charge is 0.234 e. The fourth-order valence-corrected chi connectivity index (χ4v) is 1.60. The molecular formula is C12H19ClN2O. The van der Waals surface area contributed by atoms with E-state index in [0.717, 1.165) is 18.4 Å². The predicted octanol–water partition coefficient (Wildman–Crippen LogP) is 3.44. The quantitative estimate of drug-likeness (QED) is 0.805.